The van der Waals surface area contributed by atoms with Crippen LogP contribution < -0.4 is 0 Å². The number of furan rings is 1. The van der Waals surface area contributed by atoms with E-state index in [0.29, 0.717) is 11.4 Å². The van der Waals surface area contributed by atoms with Crippen LogP contribution in [0.4, 0.5) is 0 Å². The van der Waals surface area contributed by atoms with Crippen molar-refractivity contribution in [1.29, 1.82) is 10.5 Å². The molecule has 318 valence electrons. The maximum absolute atomic E-state index is 12.2. The van der Waals surface area contributed by atoms with Gasteiger partial charge in [0, 0.05) is 53.9 Å². The van der Waals surface area contributed by atoms with E-state index in [-0.39, 0.29) is 11.1 Å². The number of benzene rings is 10. The van der Waals surface area contributed by atoms with Gasteiger partial charge < -0.3 is 22.7 Å². The Kier molecular flexibility index (Phi) is 7.51. The van der Waals surface area contributed by atoms with E-state index in [1.165, 1.54) is 0 Å². The Bertz CT molecular complexity index is 4660. The van der Waals surface area contributed by atoms with Crippen molar-refractivity contribution < 1.29 is 4.42 Å². The van der Waals surface area contributed by atoms with Crippen LogP contribution in [0.15, 0.2) is 211 Å². The van der Waals surface area contributed by atoms with Crippen LogP contribution in [0.1, 0.15) is 11.1 Å². The molecule has 0 fully saturated rings. The van der Waals surface area contributed by atoms with Gasteiger partial charge in [0.25, 0.3) is 0 Å². The zero-order valence-electron chi connectivity index (χ0n) is 36.7. The Hall–Kier alpha value is -9.82. The first-order chi connectivity index (χ1) is 34.2. The van der Waals surface area contributed by atoms with Gasteiger partial charge in [-0.1, -0.05) is 146 Å². The molecular weight excluding hydrogens is 845 g/mol. The first-order valence-corrected chi connectivity index (χ1v) is 23.1. The Morgan fingerprint density at radius 1 is 0.261 bits per heavy atom. The van der Waals surface area contributed by atoms with Gasteiger partial charge in [0.05, 0.1) is 78.0 Å². The Balaban J connectivity index is 1.29. The van der Waals surface area contributed by atoms with Crippen molar-refractivity contribution >= 4 is 109 Å². The molecule has 15 rings (SSSR count). The highest BCUT2D eigenvalue weighted by Gasteiger charge is 2.34. The summed E-state index contributed by atoms with van der Waals surface area (Å²) in [6.07, 6.45) is 0. The van der Waals surface area contributed by atoms with E-state index in [1.54, 1.807) is 0 Å². The van der Waals surface area contributed by atoms with Gasteiger partial charge in [0.1, 0.15) is 23.3 Å². The number of nitrogens with zero attached hydrogens (tertiary/aromatic N) is 6. The van der Waals surface area contributed by atoms with Crippen molar-refractivity contribution in [2.45, 2.75) is 0 Å². The summed E-state index contributed by atoms with van der Waals surface area (Å²) >= 11 is 0. The maximum atomic E-state index is 12.2. The van der Waals surface area contributed by atoms with Gasteiger partial charge in [-0.05, 0) is 60.7 Å². The van der Waals surface area contributed by atoms with Crippen molar-refractivity contribution in [2.24, 2.45) is 0 Å². The zero-order valence-corrected chi connectivity index (χ0v) is 36.7. The lowest BCUT2D eigenvalue weighted by atomic mass is 9.98. The zero-order chi connectivity index (χ0) is 45.5. The van der Waals surface area contributed by atoms with E-state index in [1.807, 2.05) is 18.2 Å². The van der Waals surface area contributed by atoms with E-state index in [9.17, 15) is 10.5 Å². The molecule has 69 heavy (non-hydrogen) atoms. The third-order valence-electron chi connectivity index (χ3n) is 14.4. The number of para-hydroxylation sites is 8. The quantitative estimate of drug-likeness (QED) is 0.177. The van der Waals surface area contributed by atoms with Crippen LogP contribution >= 0.6 is 0 Å². The molecule has 0 N–H and O–H groups in total. The van der Waals surface area contributed by atoms with Crippen molar-refractivity contribution in [3.8, 4) is 34.9 Å². The Labute approximate surface area is 392 Å². The second-order valence-electron chi connectivity index (χ2n) is 17.8. The molecule has 0 saturated heterocycles. The minimum absolute atomic E-state index is 0.260. The third-order valence-corrected chi connectivity index (χ3v) is 14.4. The summed E-state index contributed by atoms with van der Waals surface area (Å²) in [6, 6.07) is 77.2. The van der Waals surface area contributed by atoms with Gasteiger partial charge in [-0.25, -0.2) is 0 Å². The second kappa shape index (κ2) is 13.9. The van der Waals surface area contributed by atoms with Crippen LogP contribution in [0.2, 0.25) is 0 Å². The molecule has 10 aromatic carbocycles. The summed E-state index contributed by atoms with van der Waals surface area (Å²) in [6.45, 7) is 0. The molecule has 15 aromatic rings. The molecule has 0 aliphatic heterocycles. The van der Waals surface area contributed by atoms with E-state index >= 15 is 0 Å². The van der Waals surface area contributed by atoms with Gasteiger partial charge in [0.2, 0.25) is 0 Å². The number of hydrogen-bond donors (Lipinski definition) is 0. The highest BCUT2D eigenvalue weighted by atomic mass is 16.3. The molecule has 0 saturated carbocycles. The molecule has 7 nitrogen and oxygen atoms in total. The van der Waals surface area contributed by atoms with Crippen LogP contribution in [0.5, 0.6) is 0 Å². The van der Waals surface area contributed by atoms with E-state index < -0.39 is 0 Å². The topological polar surface area (TPSA) is 80.4 Å². The van der Waals surface area contributed by atoms with Gasteiger partial charge in [-0.15, -0.1) is 0 Å². The molecule has 0 radical (unpaired) electrons. The van der Waals surface area contributed by atoms with Crippen LogP contribution in [0, 0.1) is 22.7 Å². The summed E-state index contributed by atoms with van der Waals surface area (Å²) in [4.78, 5) is 0. The summed E-state index contributed by atoms with van der Waals surface area (Å²) in [5.41, 5.74) is 12.3. The highest BCUT2D eigenvalue weighted by molar-refractivity contribution is 6.19. The van der Waals surface area contributed by atoms with Gasteiger partial charge in [-0.2, -0.15) is 10.5 Å². The summed E-state index contributed by atoms with van der Waals surface area (Å²) in [7, 11) is 0. The first kappa shape index (κ1) is 37.4. The highest BCUT2D eigenvalue weighted by Crippen LogP contribution is 2.50. The van der Waals surface area contributed by atoms with Crippen molar-refractivity contribution in [2.75, 3.05) is 0 Å². The van der Waals surface area contributed by atoms with Crippen molar-refractivity contribution in [3.63, 3.8) is 0 Å². The molecule has 0 amide bonds. The van der Waals surface area contributed by atoms with Crippen LogP contribution in [-0.4, -0.2) is 18.3 Å². The predicted octanol–water partition coefficient (Wildman–Crippen LogP) is 15.7. The predicted molar refractivity (Wildman–Crippen MR) is 281 cm³/mol. The minimum atomic E-state index is 0.260. The molecule has 5 aromatic heterocycles. The first-order valence-electron chi connectivity index (χ1n) is 23.1. The second-order valence-corrected chi connectivity index (χ2v) is 17.8. The number of fused-ring (bicyclic) bond motifs is 15. The van der Waals surface area contributed by atoms with Crippen LogP contribution in [0.25, 0.3) is 132 Å². The molecule has 0 aliphatic carbocycles. The van der Waals surface area contributed by atoms with Crippen molar-refractivity contribution in [3.05, 3.63) is 217 Å². The maximum Gasteiger partial charge on any atom is 0.136 e. The van der Waals surface area contributed by atoms with Gasteiger partial charge in [0.15, 0.2) is 0 Å². The molecule has 0 bridgehead atoms. The fourth-order valence-electron chi connectivity index (χ4n) is 11.7. The fraction of sp³-hybridized carbons (Fsp3) is 0. The van der Waals surface area contributed by atoms with E-state index in [4.69, 9.17) is 4.42 Å². The lowest BCUT2D eigenvalue weighted by Crippen LogP contribution is -2.17. The van der Waals surface area contributed by atoms with Crippen molar-refractivity contribution in [1.82, 2.24) is 18.3 Å². The summed E-state index contributed by atoms with van der Waals surface area (Å²) in [5.74, 6) is 0. The molecular formula is C62H34N6O. The molecule has 0 aliphatic rings. The number of nitriles is 2. The Morgan fingerprint density at radius 3 is 0.913 bits per heavy atom. The molecule has 0 atom stereocenters. The monoisotopic (exact) mass is 878 g/mol. The minimum Gasteiger partial charge on any atom is -0.456 e. The van der Waals surface area contributed by atoms with Gasteiger partial charge in [-0.3, -0.25) is 0 Å². The molecule has 0 unspecified atom stereocenters. The Morgan fingerprint density at radius 2 is 0.551 bits per heavy atom. The number of aromatic nitrogens is 4. The fourth-order valence-corrected chi connectivity index (χ4v) is 11.7. The summed E-state index contributed by atoms with van der Waals surface area (Å²) < 4.78 is 15.7. The van der Waals surface area contributed by atoms with Gasteiger partial charge >= 0.3 is 0 Å². The SMILES string of the molecule is N#Cc1c(C#N)c(-n2c3ccccc3c3cc4oc5ccccc5c4cc32)c(-n2c3ccccc3c3ccccc32)c(-n2c3ccccc3c3ccccc32)c1-n1c2ccccc2c2ccccc21. The van der Waals surface area contributed by atoms with Crippen LogP contribution in [0.3, 0.4) is 0 Å². The molecule has 0 spiro atoms. The summed E-state index contributed by atoms with van der Waals surface area (Å²) in [5, 5.41) is 34.6. The van der Waals surface area contributed by atoms with E-state index in [2.05, 4.69) is 218 Å². The normalized spacial score (nSPS) is 12.0. The molecule has 5 heterocycles. The largest absolute Gasteiger partial charge is 0.456 e. The third kappa shape index (κ3) is 4.87. The van der Waals surface area contributed by atoms with E-state index in [0.717, 1.165) is 121 Å². The lowest BCUT2D eigenvalue weighted by molar-refractivity contribution is 0.669. The smallest absolute Gasteiger partial charge is 0.136 e. The number of rotatable bonds is 4. The van der Waals surface area contributed by atoms with Crippen LogP contribution in [-0.2, 0) is 0 Å². The lowest BCUT2D eigenvalue weighted by Gasteiger charge is -2.27. The average molecular weight is 879 g/mol. The number of hydrogen-bond acceptors (Lipinski definition) is 3. The molecule has 7 heteroatoms. The standard InChI is InChI=1S/C62H34N6O/c63-35-47-48(36-64)60(68-55-31-15-7-23-43(55)45-34-58-46(33-56(45)68)44-24-8-16-32-57(44)69-58)62(67-53-29-13-5-21-41(53)42-22-6-14-30-54(42)67)61(66-51-27-11-3-19-39(51)40-20-4-12-28-52(40)66)59(47)65-49-25-9-1-17-37(49)38-18-2-10-26-50(38)65/h1-34H. The average Bonchev–Trinajstić information content (AvgIpc) is 4.20.